The molecule has 4 N–H and O–H groups in total. The van der Waals surface area contributed by atoms with Crippen molar-refractivity contribution in [2.45, 2.75) is 18.9 Å². The lowest BCUT2D eigenvalue weighted by Gasteiger charge is -2.21. The molecule has 12 heteroatoms. The average molecular weight is 529 g/mol. The molecule has 0 aliphatic carbocycles. The zero-order valence-electron chi connectivity index (χ0n) is 21.1. The van der Waals surface area contributed by atoms with Crippen molar-refractivity contribution in [2.24, 2.45) is 5.73 Å². The summed E-state index contributed by atoms with van der Waals surface area (Å²) in [7, 11) is 1.60. The van der Waals surface area contributed by atoms with Crippen LogP contribution in [0.25, 0.3) is 5.69 Å². The minimum absolute atomic E-state index is 0.147. The van der Waals surface area contributed by atoms with Gasteiger partial charge in [-0.3, -0.25) is 15.0 Å². The first-order valence-corrected chi connectivity index (χ1v) is 12.1. The number of urea groups is 1. The maximum Gasteiger partial charge on any atom is 0.320 e. The Bertz CT molecular complexity index is 1290. The van der Waals surface area contributed by atoms with Gasteiger partial charge in [-0.25, -0.2) is 18.3 Å². The smallest absolute Gasteiger partial charge is 0.320 e. The molecule has 1 aliphatic rings. The molecule has 4 rings (SSSR count). The molecule has 1 aromatic heterocycles. The van der Waals surface area contributed by atoms with E-state index < -0.39 is 29.6 Å². The van der Waals surface area contributed by atoms with E-state index in [2.05, 4.69) is 20.6 Å². The van der Waals surface area contributed by atoms with Crippen LogP contribution in [0.4, 0.5) is 19.4 Å². The van der Waals surface area contributed by atoms with Crippen LogP contribution in [-0.4, -0.2) is 72.6 Å². The molecule has 0 radical (unpaired) electrons. The predicted octanol–water partition coefficient (Wildman–Crippen LogP) is 2.56. The number of rotatable bonds is 10. The van der Waals surface area contributed by atoms with Crippen molar-refractivity contribution >= 4 is 17.8 Å². The zero-order chi connectivity index (χ0) is 27.2. The molecule has 2 atom stereocenters. The maximum absolute atomic E-state index is 14.0. The van der Waals surface area contributed by atoms with Crippen molar-refractivity contribution in [3.63, 3.8) is 0 Å². The van der Waals surface area contributed by atoms with Crippen LogP contribution in [0.5, 0.6) is 5.88 Å². The van der Waals surface area contributed by atoms with Crippen molar-refractivity contribution in [1.29, 1.82) is 0 Å². The third-order valence-corrected chi connectivity index (χ3v) is 6.36. The first-order valence-electron chi connectivity index (χ1n) is 12.1. The summed E-state index contributed by atoms with van der Waals surface area (Å²) in [6.07, 6.45) is 0. The summed E-state index contributed by atoms with van der Waals surface area (Å²) < 4.78 is 39.7. The van der Waals surface area contributed by atoms with Gasteiger partial charge in [0.15, 0.2) is 18.2 Å². The van der Waals surface area contributed by atoms with Crippen molar-refractivity contribution in [2.75, 3.05) is 45.3 Å². The number of nitrogens with zero attached hydrogens (tertiary/aromatic N) is 3. The topological polar surface area (TPSA) is 124 Å². The van der Waals surface area contributed by atoms with Crippen LogP contribution < -0.4 is 21.1 Å². The van der Waals surface area contributed by atoms with Gasteiger partial charge in [-0.05, 0) is 36.8 Å². The number of ether oxygens (including phenoxy) is 2. The molecule has 2 unspecified atom stereocenters. The summed E-state index contributed by atoms with van der Waals surface area (Å²) in [4.78, 5) is 26.6. The third-order valence-electron chi connectivity index (χ3n) is 6.36. The van der Waals surface area contributed by atoms with E-state index >= 15 is 0 Å². The number of amides is 3. The first kappa shape index (κ1) is 27.0. The van der Waals surface area contributed by atoms with E-state index in [1.807, 2.05) is 18.2 Å². The van der Waals surface area contributed by atoms with Gasteiger partial charge in [-0.2, -0.15) is 0 Å². The normalized spacial score (nSPS) is 17.4. The Morgan fingerprint density at radius 2 is 1.89 bits per heavy atom. The van der Waals surface area contributed by atoms with Crippen molar-refractivity contribution in [3.05, 3.63) is 71.3 Å². The number of carbonyl (C=O) groups is 2. The van der Waals surface area contributed by atoms with Gasteiger partial charge >= 0.3 is 6.03 Å². The minimum Gasteiger partial charge on any atom is -0.466 e. The van der Waals surface area contributed by atoms with Gasteiger partial charge in [-0.15, -0.1) is 5.10 Å². The summed E-state index contributed by atoms with van der Waals surface area (Å²) in [5.41, 5.74) is 6.94. The molecule has 0 saturated carbocycles. The molecular weight excluding hydrogens is 498 g/mol. The Balaban J connectivity index is 1.57. The van der Waals surface area contributed by atoms with Crippen molar-refractivity contribution in [3.8, 4) is 11.6 Å². The van der Waals surface area contributed by atoms with Crippen LogP contribution in [0, 0.1) is 18.6 Å². The largest absolute Gasteiger partial charge is 0.466 e. The molecule has 2 aromatic carbocycles. The lowest BCUT2D eigenvalue weighted by molar-refractivity contribution is -0.120. The predicted molar refractivity (Wildman–Crippen MR) is 136 cm³/mol. The highest BCUT2D eigenvalue weighted by Crippen LogP contribution is 2.30. The van der Waals surface area contributed by atoms with Gasteiger partial charge < -0.3 is 20.5 Å². The van der Waals surface area contributed by atoms with Crippen molar-refractivity contribution < 1.29 is 27.8 Å². The second kappa shape index (κ2) is 12.0. The van der Waals surface area contributed by atoms with Gasteiger partial charge in [0.25, 0.3) is 5.91 Å². The lowest BCUT2D eigenvalue weighted by atomic mass is 9.94. The van der Waals surface area contributed by atoms with E-state index in [4.69, 9.17) is 15.2 Å². The fourth-order valence-corrected chi connectivity index (χ4v) is 4.48. The first-order chi connectivity index (χ1) is 18.3. The standard InChI is InChI=1S/C26H30F2N6O4/c1-16-24(34(18-6-4-3-5-7-18)32-25(16)38-15-23(29)35)31-26(36)30-22-14-33(10-11-37-2)13-19(22)17-8-9-20(27)21(28)12-17/h3-9,12,19,22H,10-11,13-15H2,1-2H3,(H2,29,35)(H2,30,31,36). The number of hydrogen-bond acceptors (Lipinski definition) is 6. The van der Waals surface area contributed by atoms with Gasteiger partial charge in [0.2, 0.25) is 5.88 Å². The number of nitrogens with two attached hydrogens (primary N) is 1. The van der Waals surface area contributed by atoms with E-state index in [0.29, 0.717) is 48.9 Å². The highest BCUT2D eigenvalue weighted by Gasteiger charge is 2.35. The number of likely N-dealkylation sites (tertiary alicyclic amines) is 1. The van der Waals surface area contributed by atoms with E-state index in [9.17, 15) is 18.4 Å². The number of aromatic nitrogens is 2. The van der Waals surface area contributed by atoms with Crippen LogP contribution in [0.1, 0.15) is 17.0 Å². The number of hydrogen-bond donors (Lipinski definition) is 3. The second-order valence-corrected chi connectivity index (χ2v) is 9.02. The quantitative estimate of drug-likeness (QED) is 0.372. The molecule has 1 saturated heterocycles. The Kier molecular flexibility index (Phi) is 8.54. The molecule has 10 nitrogen and oxygen atoms in total. The highest BCUT2D eigenvalue weighted by molar-refractivity contribution is 5.90. The van der Waals surface area contributed by atoms with Gasteiger partial charge in [0.05, 0.1) is 23.9 Å². The third kappa shape index (κ3) is 6.26. The minimum atomic E-state index is -0.938. The van der Waals surface area contributed by atoms with Crippen LogP contribution in [-0.2, 0) is 9.53 Å². The number of methoxy groups -OCH3 is 1. The maximum atomic E-state index is 14.0. The number of carbonyl (C=O) groups excluding carboxylic acids is 2. The van der Waals surface area contributed by atoms with E-state index in [1.165, 1.54) is 16.8 Å². The fourth-order valence-electron chi connectivity index (χ4n) is 4.48. The summed E-state index contributed by atoms with van der Waals surface area (Å²) in [6, 6.07) is 12.0. The van der Waals surface area contributed by atoms with Gasteiger partial charge in [-0.1, -0.05) is 24.3 Å². The molecule has 202 valence electrons. The monoisotopic (exact) mass is 528 g/mol. The molecular formula is C26H30F2N6O4. The van der Waals surface area contributed by atoms with E-state index in [0.717, 1.165) is 6.07 Å². The number of benzene rings is 2. The van der Waals surface area contributed by atoms with E-state index in [1.54, 1.807) is 26.2 Å². The summed E-state index contributed by atoms with van der Waals surface area (Å²) in [5.74, 6) is -2.31. The molecule has 0 bridgehead atoms. The van der Waals surface area contributed by atoms with Crippen LogP contribution >= 0.6 is 0 Å². The number of halogens is 2. The number of para-hydroxylation sites is 1. The number of nitrogens with one attached hydrogen (secondary N) is 2. The Morgan fingerprint density at radius 1 is 1.13 bits per heavy atom. The van der Waals surface area contributed by atoms with Crippen LogP contribution in [0.3, 0.4) is 0 Å². The molecule has 38 heavy (non-hydrogen) atoms. The molecule has 2 heterocycles. The molecule has 1 aliphatic heterocycles. The second-order valence-electron chi connectivity index (χ2n) is 9.02. The average Bonchev–Trinajstić information content (AvgIpc) is 3.44. The Labute approximate surface area is 218 Å². The lowest BCUT2D eigenvalue weighted by Crippen LogP contribution is -2.42. The molecule has 0 spiro atoms. The van der Waals surface area contributed by atoms with Gasteiger partial charge in [0.1, 0.15) is 5.82 Å². The SMILES string of the molecule is COCCN1CC(NC(=O)Nc2c(C)c(OCC(N)=O)nn2-c2ccccc2)C(c2ccc(F)c(F)c2)C1. The molecule has 3 amide bonds. The number of anilines is 1. The highest BCUT2D eigenvalue weighted by atomic mass is 19.2. The molecule has 1 fully saturated rings. The van der Waals surface area contributed by atoms with Crippen LogP contribution in [0.2, 0.25) is 0 Å². The zero-order valence-corrected chi connectivity index (χ0v) is 21.1. The Hall–Kier alpha value is -4.03. The van der Waals surface area contributed by atoms with Crippen molar-refractivity contribution in [1.82, 2.24) is 20.0 Å². The van der Waals surface area contributed by atoms with Gasteiger partial charge in [0, 0.05) is 32.7 Å². The summed E-state index contributed by atoms with van der Waals surface area (Å²) in [5, 5.41) is 10.2. The van der Waals surface area contributed by atoms with Crippen LogP contribution in [0.15, 0.2) is 48.5 Å². The Morgan fingerprint density at radius 3 is 2.58 bits per heavy atom. The van der Waals surface area contributed by atoms with E-state index in [-0.39, 0.29) is 18.4 Å². The summed E-state index contributed by atoms with van der Waals surface area (Å²) in [6.45, 7) is 3.47. The number of primary amides is 1. The fraction of sp³-hybridized carbons (Fsp3) is 0.346. The molecule has 3 aromatic rings. The summed E-state index contributed by atoms with van der Waals surface area (Å²) >= 11 is 0.